The van der Waals surface area contributed by atoms with Gasteiger partial charge in [-0.2, -0.15) is 9.41 Å². The summed E-state index contributed by atoms with van der Waals surface area (Å²) < 4.78 is 39.0. The van der Waals surface area contributed by atoms with Gasteiger partial charge in [-0.3, -0.25) is 4.79 Å². The lowest BCUT2D eigenvalue weighted by atomic mass is 10.1. The third-order valence-electron chi connectivity index (χ3n) is 5.75. The van der Waals surface area contributed by atoms with E-state index in [2.05, 4.69) is 10.5 Å². The van der Waals surface area contributed by atoms with Crippen LogP contribution < -0.4 is 14.9 Å². The standard InChI is InChI=1S/C30H29N3O5S/c1-37-26-15-17-29(18-16-26)39(35,36)33(20-19-24-9-4-2-5-10-24)23-30(34)32-31-22-25-11-8-14-28(21-25)38-27-12-6-3-7-13-27/h2-18,21-22H,19-20,23H2,1H3,(H,32,34)/b31-22-. The monoisotopic (exact) mass is 543 g/mol. The number of carbonyl (C=O) groups is 1. The van der Waals surface area contributed by atoms with E-state index in [9.17, 15) is 13.2 Å². The lowest BCUT2D eigenvalue weighted by Crippen LogP contribution is -2.40. The van der Waals surface area contributed by atoms with E-state index in [1.807, 2.05) is 78.9 Å². The van der Waals surface area contributed by atoms with Gasteiger partial charge in [-0.05, 0) is 66.1 Å². The van der Waals surface area contributed by atoms with Crippen molar-refractivity contribution in [3.63, 3.8) is 0 Å². The van der Waals surface area contributed by atoms with Crippen molar-refractivity contribution in [3.8, 4) is 17.2 Å². The number of hydrazone groups is 1. The van der Waals surface area contributed by atoms with Crippen LogP contribution >= 0.6 is 0 Å². The Morgan fingerprint density at radius 3 is 2.21 bits per heavy atom. The molecule has 0 radical (unpaired) electrons. The fourth-order valence-corrected chi connectivity index (χ4v) is 5.13. The van der Waals surface area contributed by atoms with Gasteiger partial charge in [0.05, 0.1) is 24.8 Å². The molecule has 0 saturated heterocycles. The summed E-state index contributed by atoms with van der Waals surface area (Å²) in [7, 11) is -2.45. The van der Waals surface area contributed by atoms with E-state index in [0.29, 0.717) is 29.2 Å². The lowest BCUT2D eigenvalue weighted by Gasteiger charge is -2.21. The van der Waals surface area contributed by atoms with Crippen molar-refractivity contribution >= 4 is 22.1 Å². The highest BCUT2D eigenvalue weighted by atomic mass is 32.2. The third kappa shape index (κ3) is 8.00. The predicted molar refractivity (Wildman–Crippen MR) is 151 cm³/mol. The second-order valence-electron chi connectivity index (χ2n) is 8.53. The molecule has 39 heavy (non-hydrogen) atoms. The van der Waals surface area contributed by atoms with Crippen LogP contribution in [0, 0.1) is 0 Å². The average molecular weight is 544 g/mol. The molecule has 4 aromatic rings. The summed E-state index contributed by atoms with van der Waals surface area (Å²) in [6, 6.07) is 32.2. The van der Waals surface area contributed by atoms with Gasteiger partial charge in [0.25, 0.3) is 5.91 Å². The molecule has 0 fully saturated rings. The van der Waals surface area contributed by atoms with Gasteiger partial charge in [-0.1, -0.05) is 60.7 Å². The van der Waals surface area contributed by atoms with Crippen LogP contribution in [-0.2, 0) is 21.2 Å². The van der Waals surface area contributed by atoms with Crippen molar-refractivity contribution in [2.75, 3.05) is 20.2 Å². The number of hydrogen-bond acceptors (Lipinski definition) is 6. The molecule has 0 aliphatic heterocycles. The Balaban J connectivity index is 1.43. The second-order valence-corrected chi connectivity index (χ2v) is 10.5. The minimum Gasteiger partial charge on any atom is -0.497 e. The van der Waals surface area contributed by atoms with Crippen LogP contribution in [-0.4, -0.2) is 45.0 Å². The molecule has 1 N–H and O–H groups in total. The Labute approximate surface area is 228 Å². The summed E-state index contributed by atoms with van der Waals surface area (Å²) in [6.45, 7) is -0.274. The number of amides is 1. The molecule has 0 aliphatic rings. The maximum Gasteiger partial charge on any atom is 0.255 e. The first-order valence-electron chi connectivity index (χ1n) is 12.3. The Hall–Kier alpha value is -4.47. The molecular weight excluding hydrogens is 514 g/mol. The van der Waals surface area contributed by atoms with Gasteiger partial charge in [-0.25, -0.2) is 13.8 Å². The zero-order chi connectivity index (χ0) is 27.5. The number of methoxy groups -OCH3 is 1. The van der Waals surface area contributed by atoms with E-state index in [-0.39, 0.29) is 11.4 Å². The van der Waals surface area contributed by atoms with Gasteiger partial charge in [0.15, 0.2) is 0 Å². The first kappa shape index (κ1) is 27.6. The Morgan fingerprint density at radius 1 is 0.846 bits per heavy atom. The van der Waals surface area contributed by atoms with Gasteiger partial charge in [0.1, 0.15) is 17.2 Å². The molecule has 0 heterocycles. The number of sulfonamides is 1. The van der Waals surface area contributed by atoms with Crippen LogP contribution in [0.3, 0.4) is 0 Å². The molecule has 0 bridgehead atoms. The Bertz CT molecular complexity index is 1490. The summed E-state index contributed by atoms with van der Waals surface area (Å²) in [4.78, 5) is 12.8. The highest BCUT2D eigenvalue weighted by Gasteiger charge is 2.26. The van der Waals surface area contributed by atoms with Crippen LogP contribution in [0.15, 0.2) is 119 Å². The van der Waals surface area contributed by atoms with Gasteiger partial charge in [0.2, 0.25) is 10.0 Å². The molecule has 8 nitrogen and oxygen atoms in total. The zero-order valence-electron chi connectivity index (χ0n) is 21.4. The second kappa shape index (κ2) is 13.4. The fraction of sp³-hybridized carbons (Fsp3) is 0.133. The largest absolute Gasteiger partial charge is 0.497 e. The van der Waals surface area contributed by atoms with Gasteiger partial charge >= 0.3 is 0 Å². The van der Waals surface area contributed by atoms with Gasteiger partial charge in [0, 0.05) is 6.54 Å². The highest BCUT2D eigenvalue weighted by Crippen LogP contribution is 2.22. The molecule has 9 heteroatoms. The molecule has 1 amide bonds. The van der Waals surface area contributed by atoms with Crippen LogP contribution in [0.25, 0.3) is 0 Å². The van der Waals surface area contributed by atoms with E-state index in [1.165, 1.54) is 25.5 Å². The maximum atomic E-state index is 13.4. The highest BCUT2D eigenvalue weighted by molar-refractivity contribution is 7.89. The van der Waals surface area contributed by atoms with Gasteiger partial charge < -0.3 is 9.47 Å². The van der Waals surface area contributed by atoms with Crippen LogP contribution in [0.2, 0.25) is 0 Å². The number of nitrogens with zero attached hydrogens (tertiary/aromatic N) is 2. The molecule has 0 spiro atoms. The number of nitrogens with one attached hydrogen (secondary N) is 1. The minimum atomic E-state index is -3.96. The Kier molecular flexibility index (Phi) is 9.44. The molecular formula is C30H29N3O5S. The number of para-hydroxylation sites is 1. The van der Waals surface area contributed by atoms with E-state index in [1.54, 1.807) is 18.2 Å². The molecule has 0 saturated carbocycles. The predicted octanol–water partition coefficient (Wildman–Crippen LogP) is 4.87. The lowest BCUT2D eigenvalue weighted by molar-refractivity contribution is -0.121. The van der Waals surface area contributed by atoms with Crippen molar-refractivity contribution in [1.82, 2.24) is 9.73 Å². The van der Waals surface area contributed by atoms with Crippen molar-refractivity contribution in [1.29, 1.82) is 0 Å². The topological polar surface area (TPSA) is 97.3 Å². The average Bonchev–Trinajstić information content (AvgIpc) is 2.96. The van der Waals surface area contributed by atoms with Crippen LogP contribution in [0.1, 0.15) is 11.1 Å². The van der Waals surface area contributed by atoms with Crippen molar-refractivity contribution in [3.05, 3.63) is 120 Å². The first-order valence-corrected chi connectivity index (χ1v) is 13.7. The summed E-state index contributed by atoms with van der Waals surface area (Å²) in [5, 5.41) is 4.02. The van der Waals surface area contributed by atoms with Crippen LogP contribution in [0.5, 0.6) is 17.2 Å². The van der Waals surface area contributed by atoms with Crippen molar-refractivity contribution in [2.45, 2.75) is 11.3 Å². The molecule has 0 aliphatic carbocycles. The van der Waals surface area contributed by atoms with Crippen LogP contribution in [0.4, 0.5) is 0 Å². The van der Waals surface area contributed by atoms with E-state index in [0.717, 1.165) is 9.87 Å². The number of rotatable bonds is 12. The summed E-state index contributed by atoms with van der Waals surface area (Å²) in [5.74, 6) is 1.30. The fourth-order valence-electron chi connectivity index (χ4n) is 3.74. The number of ether oxygens (including phenoxy) is 2. The summed E-state index contributed by atoms with van der Waals surface area (Å²) >= 11 is 0. The first-order chi connectivity index (χ1) is 18.9. The molecule has 200 valence electrons. The van der Waals surface area contributed by atoms with E-state index in [4.69, 9.17) is 9.47 Å². The van der Waals surface area contributed by atoms with E-state index >= 15 is 0 Å². The zero-order valence-corrected chi connectivity index (χ0v) is 22.3. The molecule has 4 aromatic carbocycles. The van der Waals surface area contributed by atoms with E-state index < -0.39 is 22.5 Å². The molecule has 0 atom stereocenters. The maximum absolute atomic E-state index is 13.4. The normalized spacial score (nSPS) is 11.4. The summed E-state index contributed by atoms with van der Waals surface area (Å²) in [5.41, 5.74) is 4.10. The smallest absolute Gasteiger partial charge is 0.255 e. The SMILES string of the molecule is COc1ccc(S(=O)(=O)N(CCc2ccccc2)CC(=O)N/N=C\c2cccc(Oc3ccccc3)c2)cc1. The summed E-state index contributed by atoms with van der Waals surface area (Å²) in [6.07, 6.45) is 1.92. The quantitative estimate of drug-likeness (QED) is 0.203. The molecule has 0 unspecified atom stereocenters. The molecule has 4 rings (SSSR count). The molecule has 0 aromatic heterocycles. The number of benzene rings is 4. The van der Waals surface area contributed by atoms with Crippen molar-refractivity contribution in [2.24, 2.45) is 5.10 Å². The third-order valence-corrected chi connectivity index (χ3v) is 7.61. The Morgan fingerprint density at radius 2 is 1.51 bits per heavy atom. The minimum absolute atomic E-state index is 0.0721. The van der Waals surface area contributed by atoms with Gasteiger partial charge in [-0.15, -0.1) is 0 Å². The number of hydrogen-bond donors (Lipinski definition) is 1. The number of carbonyl (C=O) groups excluding carboxylic acids is 1. The van der Waals surface area contributed by atoms with Crippen molar-refractivity contribution < 1.29 is 22.7 Å².